The topological polar surface area (TPSA) is 49.4 Å². The maximum absolute atomic E-state index is 11.9. The van der Waals surface area contributed by atoms with Crippen LogP contribution in [-0.2, 0) is 9.59 Å². The van der Waals surface area contributed by atoms with Crippen LogP contribution in [-0.4, -0.2) is 35.3 Å². The Morgan fingerprint density at radius 1 is 1.38 bits per heavy atom. The highest BCUT2D eigenvalue weighted by Crippen LogP contribution is 2.21. The molecule has 1 heterocycles. The molecule has 1 aliphatic heterocycles. The first-order valence-corrected chi connectivity index (χ1v) is 6.11. The van der Waals surface area contributed by atoms with Crippen LogP contribution in [0.4, 0.5) is 0 Å². The molecule has 1 N–H and O–H groups in total. The molecule has 1 fully saturated rings. The highest BCUT2D eigenvalue weighted by atomic mass is 16.2. The summed E-state index contributed by atoms with van der Waals surface area (Å²) in [7, 11) is 0. The van der Waals surface area contributed by atoms with Crippen LogP contribution >= 0.6 is 0 Å². The van der Waals surface area contributed by atoms with Gasteiger partial charge in [-0.1, -0.05) is 27.7 Å². The van der Waals surface area contributed by atoms with Crippen molar-refractivity contribution in [2.45, 2.75) is 52.6 Å². The fourth-order valence-corrected chi connectivity index (χ4v) is 2.46. The number of carbonyl (C=O) groups is 2. The summed E-state index contributed by atoms with van der Waals surface area (Å²) in [6.07, 6.45) is 1.58. The van der Waals surface area contributed by atoms with Gasteiger partial charge >= 0.3 is 0 Å². The van der Waals surface area contributed by atoms with E-state index in [0.29, 0.717) is 12.3 Å². The molecular formula is C12H22N2O2. The zero-order valence-corrected chi connectivity index (χ0v) is 10.6. The van der Waals surface area contributed by atoms with Crippen LogP contribution < -0.4 is 5.32 Å². The molecule has 16 heavy (non-hydrogen) atoms. The quantitative estimate of drug-likeness (QED) is 0.782. The lowest BCUT2D eigenvalue weighted by Gasteiger charge is -2.41. The van der Waals surface area contributed by atoms with Crippen molar-refractivity contribution in [2.24, 2.45) is 5.92 Å². The van der Waals surface area contributed by atoms with Gasteiger partial charge in [0.15, 0.2) is 0 Å². The van der Waals surface area contributed by atoms with Crippen molar-refractivity contribution in [1.82, 2.24) is 10.2 Å². The third-order valence-electron chi connectivity index (χ3n) is 3.27. The Hall–Kier alpha value is -1.06. The third-order valence-corrected chi connectivity index (χ3v) is 3.27. The lowest BCUT2D eigenvalue weighted by atomic mass is 9.95. The summed E-state index contributed by atoms with van der Waals surface area (Å²) in [5.41, 5.74) is 0. The Labute approximate surface area is 97.4 Å². The molecule has 0 aliphatic carbocycles. The molecule has 1 rings (SSSR count). The standard InChI is InChI=1S/C12H22N2O2/c1-5-9(8(3)4)14-10(6-2)12(16)13-7-11(14)15/h8-10H,5-7H2,1-4H3,(H,13,16). The average molecular weight is 226 g/mol. The second-order valence-electron chi connectivity index (χ2n) is 4.66. The summed E-state index contributed by atoms with van der Waals surface area (Å²) in [5, 5.41) is 2.65. The second-order valence-corrected chi connectivity index (χ2v) is 4.66. The van der Waals surface area contributed by atoms with Crippen molar-refractivity contribution < 1.29 is 9.59 Å². The summed E-state index contributed by atoms with van der Waals surface area (Å²) in [6, 6.07) is -0.114. The van der Waals surface area contributed by atoms with Crippen molar-refractivity contribution in [3.8, 4) is 0 Å². The molecule has 0 aromatic carbocycles. The summed E-state index contributed by atoms with van der Waals surface area (Å²) < 4.78 is 0. The number of nitrogens with zero attached hydrogens (tertiary/aromatic N) is 1. The van der Waals surface area contributed by atoms with E-state index in [4.69, 9.17) is 0 Å². The zero-order valence-electron chi connectivity index (χ0n) is 10.6. The second kappa shape index (κ2) is 5.32. The highest BCUT2D eigenvalue weighted by molar-refractivity contribution is 5.94. The van der Waals surface area contributed by atoms with Crippen molar-refractivity contribution in [3.63, 3.8) is 0 Å². The van der Waals surface area contributed by atoms with Gasteiger partial charge in [-0.3, -0.25) is 9.59 Å². The van der Waals surface area contributed by atoms with Gasteiger partial charge in [0.05, 0.1) is 6.54 Å². The van der Waals surface area contributed by atoms with Crippen LogP contribution in [0.15, 0.2) is 0 Å². The van der Waals surface area contributed by atoms with Crippen molar-refractivity contribution >= 4 is 11.8 Å². The molecule has 92 valence electrons. The van der Waals surface area contributed by atoms with Gasteiger partial charge in [-0.15, -0.1) is 0 Å². The van der Waals surface area contributed by atoms with E-state index in [1.54, 1.807) is 4.90 Å². The lowest BCUT2D eigenvalue weighted by Crippen LogP contribution is -2.62. The molecule has 0 bridgehead atoms. The summed E-state index contributed by atoms with van der Waals surface area (Å²) in [6.45, 7) is 8.36. The number of hydrogen-bond acceptors (Lipinski definition) is 2. The molecule has 2 atom stereocenters. The van der Waals surface area contributed by atoms with E-state index in [2.05, 4.69) is 26.1 Å². The van der Waals surface area contributed by atoms with E-state index >= 15 is 0 Å². The van der Waals surface area contributed by atoms with Crippen molar-refractivity contribution in [2.75, 3.05) is 6.54 Å². The van der Waals surface area contributed by atoms with Crippen LogP contribution in [0.1, 0.15) is 40.5 Å². The number of piperazine rings is 1. The molecule has 0 aromatic rings. The van der Waals surface area contributed by atoms with Crippen molar-refractivity contribution in [1.29, 1.82) is 0 Å². The normalized spacial score (nSPS) is 23.6. The van der Waals surface area contributed by atoms with Crippen molar-refractivity contribution in [3.05, 3.63) is 0 Å². The Morgan fingerprint density at radius 3 is 2.44 bits per heavy atom. The first-order chi connectivity index (χ1) is 7.52. The summed E-state index contributed by atoms with van der Waals surface area (Å²) in [4.78, 5) is 25.4. The van der Waals surface area contributed by atoms with Crippen LogP contribution in [0.2, 0.25) is 0 Å². The molecule has 0 saturated carbocycles. The van der Waals surface area contributed by atoms with Gasteiger partial charge in [0.2, 0.25) is 11.8 Å². The number of rotatable bonds is 4. The molecule has 0 spiro atoms. The van der Waals surface area contributed by atoms with Gasteiger partial charge in [0.25, 0.3) is 0 Å². The highest BCUT2D eigenvalue weighted by Gasteiger charge is 2.37. The fraction of sp³-hybridized carbons (Fsp3) is 0.833. The maximum atomic E-state index is 11.9. The first-order valence-electron chi connectivity index (χ1n) is 6.11. The molecular weight excluding hydrogens is 204 g/mol. The molecule has 4 heteroatoms. The minimum atomic E-state index is -0.284. The zero-order chi connectivity index (χ0) is 12.3. The largest absolute Gasteiger partial charge is 0.345 e. The van der Waals surface area contributed by atoms with E-state index in [1.165, 1.54) is 0 Å². The molecule has 2 unspecified atom stereocenters. The molecule has 0 radical (unpaired) electrons. The molecule has 1 saturated heterocycles. The predicted molar refractivity (Wildman–Crippen MR) is 62.9 cm³/mol. The lowest BCUT2D eigenvalue weighted by molar-refractivity contribution is -0.149. The molecule has 1 aliphatic rings. The maximum Gasteiger partial charge on any atom is 0.243 e. The SMILES string of the molecule is CCC1C(=O)NCC(=O)N1C(CC)C(C)C. The number of amides is 2. The first kappa shape index (κ1) is 13.0. The fourth-order valence-electron chi connectivity index (χ4n) is 2.46. The molecule has 0 aromatic heterocycles. The predicted octanol–water partition coefficient (Wildman–Crippen LogP) is 1.16. The number of hydrogen-bond donors (Lipinski definition) is 1. The van der Waals surface area contributed by atoms with Crippen LogP contribution in [0.25, 0.3) is 0 Å². The van der Waals surface area contributed by atoms with E-state index < -0.39 is 0 Å². The van der Waals surface area contributed by atoms with Crippen LogP contribution in [0.3, 0.4) is 0 Å². The third kappa shape index (κ3) is 2.36. The van der Waals surface area contributed by atoms with Crippen LogP contribution in [0.5, 0.6) is 0 Å². The minimum absolute atomic E-state index is 0.0128. The van der Waals surface area contributed by atoms with Gasteiger partial charge in [-0.2, -0.15) is 0 Å². The van der Waals surface area contributed by atoms with E-state index in [-0.39, 0.29) is 30.4 Å². The minimum Gasteiger partial charge on any atom is -0.345 e. The van der Waals surface area contributed by atoms with Gasteiger partial charge in [-0.05, 0) is 18.8 Å². The number of carbonyl (C=O) groups excluding carboxylic acids is 2. The van der Waals surface area contributed by atoms with Gasteiger partial charge in [-0.25, -0.2) is 0 Å². The monoisotopic (exact) mass is 226 g/mol. The molecule has 2 amide bonds. The Morgan fingerprint density at radius 2 is 2.00 bits per heavy atom. The van der Waals surface area contributed by atoms with E-state index in [1.807, 2.05) is 6.92 Å². The Kier molecular flexibility index (Phi) is 4.33. The molecule has 4 nitrogen and oxygen atoms in total. The Balaban J connectivity index is 2.94. The van der Waals surface area contributed by atoms with E-state index in [0.717, 1.165) is 6.42 Å². The number of nitrogens with one attached hydrogen (secondary N) is 1. The van der Waals surface area contributed by atoms with Gasteiger partial charge in [0.1, 0.15) is 6.04 Å². The van der Waals surface area contributed by atoms with Gasteiger partial charge in [0, 0.05) is 6.04 Å². The average Bonchev–Trinajstić information content (AvgIpc) is 2.24. The Bertz CT molecular complexity index is 276. The summed E-state index contributed by atoms with van der Waals surface area (Å²) >= 11 is 0. The smallest absolute Gasteiger partial charge is 0.243 e. The summed E-state index contributed by atoms with van der Waals surface area (Å²) in [5.74, 6) is 0.419. The van der Waals surface area contributed by atoms with Crippen LogP contribution in [0, 0.1) is 5.92 Å². The van der Waals surface area contributed by atoms with E-state index in [9.17, 15) is 9.59 Å². The van der Waals surface area contributed by atoms with Gasteiger partial charge < -0.3 is 10.2 Å².